The van der Waals surface area contributed by atoms with E-state index in [1.54, 1.807) is 13.0 Å². The van der Waals surface area contributed by atoms with E-state index in [2.05, 4.69) is 0 Å². The van der Waals surface area contributed by atoms with Gasteiger partial charge in [-0.25, -0.2) is 8.42 Å². The summed E-state index contributed by atoms with van der Waals surface area (Å²) in [5.41, 5.74) is 1.16. The van der Waals surface area contributed by atoms with Crippen molar-refractivity contribution in [3.8, 4) is 0 Å². The molecule has 0 spiro atoms. The van der Waals surface area contributed by atoms with Crippen LogP contribution < -0.4 is 0 Å². The van der Waals surface area contributed by atoms with Crippen molar-refractivity contribution in [2.75, 3.05) is 0 Å². The van der Waals surface area contributed by atoms with Gasteiger partial charge in [-0.15, -0.1) is 0 Å². The zero-order valence-electron chi connectivity index (χ0n) is 9.68. The highest BCUT2D eigenvalue weighted by Crippen LogP contribution is 2.33. The third kappa shape index (κ3) is 1.49. The quantitative estimate of drug-likeness (QED) is 0.716. The van der Waals surface area contributed by atoms with Crippen LogP contribution in [0.5, 0.6) is 0 Å². The van der Waals surface area contributed by atoms with Crippen LogP contribution in [0.3, 0.4) is 0 Å². The summed E-state index contributed by atoms with van der Waals surface area (Å²) in [6.45, 7) is 1.81. The number of aryl methyl sites for hydroxylation is 1. The highest BCUT2D eigenvalue weighted by molar-refractivity contribution is 7.92. The third-order valence-corrected chi connectivity index (χ3v) is 5.86. The van der Waals surface area contributed by atoms with Gasteiger partial charge in [0.15, 0.2) is 9.84 Å². The Morgan fingerprint density at radius 2 is 1.82 bits per heavy atom. The minimum Gasteiger partial charge on any atom is -0.223 e. The van der Waals surface area contributed by atoms with Crippen molar-refractivity contribution in [1.29, 1.82) is 0 Å². The molecule has 0 radical (unpaired) electrons. The van der Waals surface area contributed by atoms with E-state index < -0.39 is 9.84 Å². The van der Waals surface area contributed by atoms with Gasteiger partial charge in [0.2, 0.25) is 0 Å². The predicted molar refractivity (Wildman–Crippen MR) is 68.9 cm³/mol. The molecule has 0 saturated heterocycles. The first-order valence-electron chi connectivity index (χ1n) is 5.85. The smallest absolute Gasteiger partial charge is 0.181 e. The standard InChI is InChI=1S/C14H14O2S/c1-10-8-9-12-5-2-4-11-6-3-7-13(14(11)12)17(10,15)16/h2-7,10H,8-9H2,1H3. The van der Waals surface area contributed by atoms with Crippen molar-refractivity contribution < 1.29 is 8.42 Å². The second-order valence-corrected chi connectivity index (χ2v) is 7.00. The molecule has 2 aromatic carbocycles. The number of hydrogen-bond donors (Lipinski definition) is 0. The van der Waals surface area contributed by atoms with Gasteiger partial charge >= 0.3 is 0 Å². The number of hydrogen-bond acceptors (Lipinski definition) is 2. The number of sulfone groups is 1. The van der Waals surface area contributed by atoms with Crippen molar-refractivity contribution in [2.24, 2.45) is 0 Å². The van der Waals surface area contributed by atoms with E-state index >= 15 is 0 Å². The number of rotatable bonds is 0. The minimum absolute atomic E-state index is 0.291. The largest absolute Gasteiger partial charge is 0.223 e. The Bertz CT molecular complexity index is 681. The van der Waals surface area contributed by atoms with Crippen molar-refractivity contribution in [3.05, 3.63) is 42.0 Å². The Morgan fingerprint density at radius 1 is 1.12 bits per heavy atom. The molecule has 1 unspecified atom stereocenters. The van der Waals surface area contributed by atoms with E-state index in [0.29, 0.717) is 11.3 Å². The summed E-state index contributed by atoms with van der Waals surface area (Å²) in [5.74, 6) is 0. The first-order chi connectivity index (χ1) is 8.10. The molecule has 0 aliphatic carbocycles. The lowest BCUT2D eigenvalue weighted by atomic mass is 10.0. The van der Waals surface area contributed by atoms with Gasteiger partial charge in [0.05, 0.1) is 10.1 Å². The van der Waals surface area contributed by atoms with Crippen molar-refractivity contribution in [3.63, 3.8) is 0 Å². The number of benzene rings is 2. The van der Waals surface area contributed by atoms with Gasteiger partial charge < -0.3 is 0 Å². The Kier molecular flexibility index (Phi) is 2.26. The maximum Gasteiger partial charge on any atom is 0.181 e. The third-order valence-electron chi connectivity index (χ3n) is 3.61. The average molecular weight is 246 g/mol. The maximum atomic E-state index is 12.4. The van der Waals surface area contributed by atoms with Crippen LogP contribution in [0.25, 0.3) is 10.8 Å². The molecule has 2 aromatic rings. The molecule has 3 heteroatoms. The maximum absolute atomic E-state index is 12.4. The monoisotopic (exact) mass is 246 g/mol. The van der Waals surface area contributed by atoms with Crippen LogP contribution in [0.1, 0.15) is 18.9 Å². The van der Waals surface area contributed by atoms with Gasteiger partial charge in [-0.3, -0.25) is 0 Å². The SMILES string of the molecule is CC1CCc2cccc3cccc(c23)S1(=O)=O. The Morgan fingerprint density at radius 3 is 2.59 bits per heavy atom. The van der Waals surface area contributed by atoms with Crippen LogP contribution >= 0.6 is 0 Å². The second kappa shape index (κ2) is 3.57. The van der Waals surface area contributed by atoms with E-state index in [1.165, 1.54) is 0 Å². The lowest BCUT2D eigenvalue weighted by Crippen LogP contribution is -2.16. The molecule has 1 heterocycles. The van der Waals surface area contributed by atoms with Crippen molar-refractivity contribution in [2.45, 2.75) is 29.9 Å². The Hall–Kier alpha value is -1.35. The van der Waals surface area contributed by atoms with Crippen molar-refractivity contribution >= 4 is 20.6 Å². The van der Waals surface area contributed by atoms with Gasteiger partial charge in [0.25, 0.3) is 0 Å². The van der Waals surface area contributed by atoms with E-state index in [0.717, 1.165) is 22.8 Å². The molecule has 3 rings (SSSR count). The van der Waals surface area contributed by atoms with Crippen LogP contribution in [-0.2, 0) is 16.3 Å². The molecular weight excluding hydrogens is 232 g/mol. The molecule has 0 N–H and O–H groups in total. The highest BCUT2D eigenvalue weighted by atomic mass is 32.2. The summed E-state index contributed by atoms with van der Waals surface area (Å²) in [5, 5.41) is 1.66. The lowest BCUT2D eigenvalue weighted by Gasteiger charge is -2.10. The predicted octanol–water partition coefficient (Wildman–Crippen LogP) is 2.95. The van der Waals surface area contributed by atoms with E-state index in [4.69, 9.17) is 0 Å². The lowest BCUT2D eigenvalue weighted by molar-refractivity contribution is 0.580. The molecular formula is C14H14O2S. The van der Waals surface area contributed by atoms with Gasteiger partial charge in [-0.05, 0) is 36.8 Å². The van der Waals surface area contributed by atoms with Crippen LogP contribution in [0.4, 0.5) is 0 Å². The fourth-order valence-electron chi connectivity index (χ4n) is 2.56. The summed E-state index contributed by atoms with van der Waals surface area (Å²) in [7, 11) is -3.16. The molecule has 0 fully saturated rings. The molecule has 2 nitrogen and oxygen atoms in total. The van der Waals surface area contributed by atoms with Crippen molar-refractivity contribution in [1.82, 2.24) is 0 Å². The molecule has 0 saturated carbocycles. The average Bonchev–Trinajstić information content (AvgIpc) is 2.42. The molecule has 1 atom stereocenters. The fraction of sp³-hybridized carbons (Fsp3) is 0.286. The molecule has 1 aliphatic rings. The summed E-state index contributed by atoms with van der Waals surface area (Å²) in [6.07, 6.45) is 1.55. The second-order valence-electron chi connectivity index (χ2n) is 4.67. The summed E-state index contributed by atoms with van der Waals surface area (Å²) >= 11 is 0. The molecule has 0 amide bonds. The minimum atomic E-state index is -3.16. The van der Waals surface area contributed by atoms with E-state index in [9.17, 15) is 8.42 Å². The highest BCUT2D eigenvalue weighted by Gasteiger charge is 2.28. The first-order valence-corrected chi connectivity index (χ1v) is 7.40. The van der Waals surface area contributed by atoms with Crippen LogP contribution in [0, 0.1) is 0 Å². The fourth-order valence-corrected chi connectivity index (χ4v) is 4.22. The van der Waals surface area contributed by atoms with Gasteiger partial charge in [0.1, 0.15) is 0 Å². The Labute approximate surface area is 101 Å². The van der Waals surface area contributed by atoms with E-state index in [-0.39, 0.29) is 5.25 Å². The Balaban J connectivity index is 2.50. The van der Waals surface area contributed by atoms with Crippen LogP contribution in [0.2, 0.25) is 0 Å². The summed E-state index contributed by atoms with van der Waals surface area (Å²) in [4.78, 5) is 0.510. The molecule has 17 heavy (non-hydrogen) atoms. The summed E-state index contributed by atoms with van der Waals surface area (Å²) < 4.78 is 24.8. The topological polar surface area (TPSA) is 34.1 Å². The first kappa shape index (κ1) is 10.8. The zero-order chi connectivity index (χ0) is 12.0. The molecule has 1 aliphatic heterocycles. The molecule has 0 bridgehead atoms. The van der Waals surface area contributed by atoms with Gasteiger partial charge in [-0.1, -0.05) is 30.3 Å². The van der Waals surface area contributed by atoms with Gasteiger partial charge in [0, 0.05) is 5.39 Å². The van der Waals surface area contributed by atoms with Gasteiger partial charge in [-0.2, -0.15) is 0 Å². The van der Waals surface area contributed by atoms with Crippen LogP contribution in [0.15, 0.2) is 41.3 Å². The van der Waals surface area contributed by atoms with Crippen LogP contribution in [-0.4, -0.2) is 13.7 Å². The normalized spacial score (nSPS) is 22.3. The van der Waals surface area contributed by atoms with E-state index in [1.807, 2.05) is 30.3 Å². The molecule has 88 valence electrons. The zero-order valence-corrected chi connectivity index (χ0v) is 10.5. The summed E-state index contributed by atoms with van der Waals surface area (Å²) in [6, 6.07) is 11.6. The molecule has 0 aromatic heterocycles.